The Hall–Kier alpha value is -1.64. The molecule has 1 aromatic rings. The number of aryl methyl sites for hydroxylation is 1. The molecule has 0 atom stereocenters. The van der Waals surface area contributed by atoms with Crippen molar-refractivity contribution in [2.45, 2.75) is 46.5 Å². The fraction of sp³-hybridized carbons (Fsp3) is 0.467. The number of hydrogen-bond donors (Lipinski definition) is 1. The van der Waals surface area contributed by atoms with Crippen molar-refractivity contribution >= 4 is 11.6 Å². The summed E-state index contributed by atoms with van der Waals surface area (Å²) in [4.78, 5) is 11.5. The van der Waals surface area contributed by atoms with Gasteiger partial charge in [0.05, 0.1) is 5.71 Å². The van der Waals surface area contributed by atoms with Crippen LogP contribution in [0.4, 0.5) is 0 Å². The van der Waals surface area contributed by atoms with Crippen LogP contribution in [0.5, 0.6) is 0 Å². The molecule has 0 saturated carbocycles. The predicted octanol–water partition coefficient (Wildman–Crippen LogP) is 3.42. The third kappa shape index (κ3) is 5.13. The Kier molecular flexibility index (Phi) is 6.12. The van der Waals surface area contributed by atoms with E-state index in [1.807, 2.05) is 38.1 Å². The Morgan fingerprint density at radius 3 is 2.50 bits per heavy atom. The van der Waals surface area contributed by atoms with Gasteiger partial charge in [-0.25, -0.2) is 5.43 Å². The number of hydrazone groups is 1. The summed E-state index contributed by atoms with van der Waals surface area (Å²) in [5, 5.41) is 4.12. The topological polar surface area (TPSA) is 41.5 Å². The number of amides is 1. The first-order valence-corrected chi connectivity index (χ1v) is 6.53. The van der Waals surface area contributed by atoms with Gasteiger partial charge in [-0.3, -0.25) is 4.79 Å². The summed E-state index contributed by atoms with van der Waals surface area (Å²) in [6, 6.07) is 8.10. The van der Waals surface area contributed by atoms with Crippen LogP contribution in [0.15, 0.2) is 29.4 Å². The Morgan fingerprint density at radius 2 is 1.89 bits per heavy atom. The van der Waals surface area contributed by atoms with E-state index in [-0.39, 0.29) is 5.91 Å². The Labute approximate surface area is 109 Å². The van der Waals surface area contributed by atoms with E-state index < -0.39 is 0 Å². The molecule has 0 heterocycles. The second-order valence-electron chi connectivity index (χ2n) is 4.56. The van der Waals surface area contributed by atoms with Crippen LogP contribution < -0.4 is 5.43 Å². The van der Waals surface area contributed by atoms with E-state index in [0.717, 1.165) is 30.5 Å². The molecule has 0 fully saturated rings. The summed E-state index contributed by atoms with van der Waals surface area (Å²) >= 11 is 0. The molecule has 0 saturated heterocycles. The van der Waals surface area contributed by atoms with Crippen LogP contribution in [0.1, 0.15) is 50.7 Å². The van der Waals surface area contributed by atoms with Gasteiger partial charge in [-0.15, -0.1) is 0 Å². The summed E-state index contributed by atoms with van der Waals surface area (Å²) in [6.45, 7) is 6.07. The van der Waals surface area contributed by atoms with Gasteiger partial charge in [-0.2, -0.15) is 5.10 Å². The molecule has 0 radical (unpaired) electrons. The first-order chi connectivity index (χ1) is 8.63. The highest BCUT2D eigenvalue weighted by atomic mass is 16.2. The molecule has 0 aromatic heterocycles. The molecule has 1 rings (SSSR count). The van der Waals surface area contributed by atoms with Gasteiger partial charge in [-0.05, 0) is 25.8 Å². The Balaban J connectivity index is 2.46. The summed E-state index contributed by atoms with van der Waals surface area (Å²) in [6.07, 6.45) is 3.70. The Bertz CT molecular complexity index is 407. The van der Waals surface area contributed by atoms with Crippen molar-refractivity contribution in [3.8, 4) is 0 Å². The minimum atomic E-state index is -0.00471. The van der Waals surface area contributed by atoms with Gasteiger partial charge in [0.1, 0.15) is 0 Å². The monoisotopic (exact) mass is 246 g/mol. The van der Waals surface area contributed by atoms with E-state index in [0.29, 0.717) is 6.42 Å². The van der Waals surface area contributed by atoms with E-state index in [4.69, 9.17) is 0 Å². The zero-order chi connectivity index (χ0) is 13.4. The molecule has 98 valence electrons. The number of carbonyl (C=O) groups excluding carboxylic acids is 1. The van der Waals surface area contributed by atoms with Crippen LogP contribution in [0.2, 0.25) is 0 Å². The molecule has 1 amide bonds. The molecule has 0 aliphatic carbocycles. The van der Waals surface area contributed by atoms with Crippen molar-refractivity contribution in [1.29, 1.82) is 0 Å². The van der Waals surface area contributed by atoms with Gasteiger partial charge in [0.15, 0.2) is 0 Å². The molecule has 3 nitrogen and oxygen atoms in total. The van der Waals surface area contributed by atoms with Crippen molar-refractivity contribution in [3.05, 3.63) is 35.4 Å². The number of rotatable bonds is 6. The molecule has 0 aliphatic heterocycles. The van der Waals surface area contributed by atoms with Crippen molar-refractivity contribution in [3.63, 3.8) is 0 Å². The lowest BCUT2D eigenvalue weighted by Gasteiger charge is -2.03. The molecule has 3 heteroatoms. The fourth-order valence-electron chi connectivity index (χ4n) is 1.60. The van der Waals surface area contributed by atoms with Crippen LogP contribution >= 0.6 is 0 Å². The lowest BCUT2D eigenvalue weighted by atomic mass is 10.1. The fourth-order valence-corrected chi connectivity index (χ4v) is 1.60. The first-order valence-electron chi connectivity index (χ1n) is 6.53. The minimum Gasteiger partial charge on any atom is -0.273 e. The van der Waals surface area contributed by atoms with E-state index in [9.17, 15) is 4.79 Å². The lowest BCUT2D eigenvalue weighted by Crippen LogP contribution is -2.18. The zero-order valence-electron chi connectivity index (χ0n) is 11.5. The average Bonchev–Trinajstić information content (AvgIpc) is 2.37. The molecule has 1 aromatic carbocycles. The highest BCUT2D eigenvalue weighted by Gasteiger charge is 2.00. The molecule has 0 bridgehead atoms. The van der Waals surface area contributed by atoms with E-state index in [2.05, 4.69) is 17.5 Å². The van der Waals surface area contributed by atoms with Gasteiger partial charge in [0.25, 0.3) is 0 Å². The van der Waals surface area contributed by atoms with Gasteiger partial charge < -0.3 is 0 Å². The summed E-state index contributed by atoms with van der Waals surface area (Å²) < 4.78 is 0. The standard InChI is InChI=1S/C15H22N2O/c1-4-5-6-7-15(18)17-16-13(3)14-10-8-12(2)9-11-14/h8-11H,4-7H2,1-3H3,(H,17,18). The van der Waals surface area contributed by atoms with Crippen LogP contribution in [0.25, 0.3) is 0 Å². The third-order valence-electron chi connectivity index (χ3n) is 2.83. The predicted molar refractivity (Wildman–Crippen MR) is 75.7 cm³/mol. The molecule has 0 unspecified atom stereocenters. The molecule has 1 N–H and O–H groups in total. The summed E-state index contributed by atoms with van der Waals surface area (Å²) in [7, 11) is 0. The van der Waals surface area contributed by atoms with Crippen molar-refractivity contribution in [1.82, 2.24) is 5.43 Å². The van der Waals surface area contributed by atoms with Crippen molar-refractivity contribution in [2.75, 3.05) is 0 Å². The number of nitrogens with one attached hydrogen (secondary N) is 1. The number of benzene rings is 1. The highest BCUT2D eigenvalue weighted by Crippen LogP contribution is 2.04. The maximum Gasteiger partial charge on any atom is 0.240 e. The van der Waals surface area contributed by atoms with Crippen molar-refractivity contribution in [2.24, 2.45) is 5.10 Å². The number of hydrogen-bond acceptors (Lipinski definition) is 2. The first kappa shape index (κ1) is 14.4. The van der Waals surface area contributed by atoms with Gasteiger partial charge in [0, 0.05) is 6.42 Å². The van der Waals surface area contributed by atoms with E-state index in [1.165, 1.54) is 5.56 Å². The van der Waals surface area contributed by atoms with Gasteiger partial charge in [-0.1, -0.05) is 49.6 Å². The van der Waals surface area contributed by atoms with Crippen LogP contribution in [0.3, 0.4) is 0 Å². The van der Waals surface area contributed by atoms with Gasteiger partial charge in [0.2, 0.25) is 5.91 Å². The number of unbranched alkanes of at least 4 members (excludes halogenated alkanes) is 2. The minimum absolute atomic E-state index is 0.00471. The van der Waals surface area contributed by atoms with Crippen LogP contribution in [0, 0.1) is 6.92 Å². The number of carbonyl (C=O) groups is 1. The summed E-state index contributed by atoms with van der Waals surface area (Å²) in [5.41, 5.74) is 5.69. The second-order valence-corrected chi connectivity index (χ2v) is 4.56. The molecular weight excluding hydrogens is 224 g/mol. The van der Waals surface area contributed by atoms with Crippen molar-refractivity contribution < 1.29 is 4.79 Å². The largest absolute Gasteiger partial charge is 0.273 e. The maximum absolute atomic E-state index is 11.5. The lowest BCUT2D eigenvalue weighted by molar-refractivity contribution is -0.121. The normalized spacial score (nSPS) is 11.4. The Morgan fingerprint density at radius 1 is 1.22 bits per heavy atom. The third-order valence-corrected chi connectivity index (χ3v) is 2.83. The second kappa shape index (κ2) is 7.64. The average molecular weight is 246 g/mol. The zero-order valence-corrected chi connectivity index (χ0v) is 11.5. The van der Waals surface area contributed by atoms with E-state index in [1.54, 1.807) is 0 Å². The molecular formula is C15H22N2O. The van der Waals surface area contributed by atoms with Crippen LogP contribution in [-0.4, -0.2) is 11.6 Å². The maximum atomic E-state index is 11.5. The van der Waals surface area contributed by atoms with E-state index >= 15 is 0 Å². The molecule has 0 aliphatic rings. The number of nitrogens with zero attached hydrogens (tertiary/aromatic N) is 1. The smallest absolute Gasteiger partial charge is 0.240 e. The SMILES string of the molecule is CCCCCC(=O)NN=C(C)c1ccc(C)cc1. The highest BCUT2D eigenvalue weighted by molar-refractivity contribution is 5.99. The van der Waals surface area contributed by atoms with Gasteiger partial charge >= 0.3 is 0 Å². The quantitative estimate of drug-likeness (QED) is 0.466. The molecule has 0 spiro atoms. The van der Waals surface area contributed by atoms with Crippen LogP contribution in [-0.2, 0) is 4.79 Å². The molecule has 18 heavy (non-hydrogen) atoms. The summed E-state index contributed by atoms with van der Waals surface area (Å²) in [5.74, 6) is -0.00471.